The molecule has 0 radical (unpaired) electrons. The van der Waals surface area contributed by atoms with Gasteiger partial charge in [-0.2, -0.15) is 4.98 Å². The van der Waals surface area contributed by atoms with Gasteiger partial charge in [-0.25, -0.2) is 8.91 Å². The summed E-state index contributed by atoms with van der Waals surface area (Å²) in [6, 6.07) is 4.05. The Morgan fingerprint density at radius 3 is 3.00 bits per heavy atom. The maximum atomic E-state index is 13.6. The molecule has 1 aromatic carbocycles. The van der Waals surface area contributed by atoms with Crippen molar-refractivity contribution in [3.8, 4) is 0 Å². The molecular formula is C12H8ClFN4OS. The van der Waals surface area contributed by atoms with Crippen molar-refractivity contribution in [2.75, 3.05) is 5.32 Å². The second-order valence-corrected chi connectivity index (χ2v) is 5.30. The molecule has 0 saturated carbocycles. The first-order valence-corrected chi connectivity index (χ1v) is 6.88. The lowest BCUT2D eigenvalue weighted by atomic mass is 10.2. The fraction of sp³-hybridized carbons (Fsp3) is 0.0833. The molecule has 0 aliphatic rings. The van der Waals surface area contributed by atoms with Crippen molar-refractivity contribution in [1.29, 1.82) is 0 Å². The van der Waals surface area contributed by atoms with Crippen LogP contribution in [0.25, 0.3) is 4.96 Å². The molecule has 0 atom stereocenters. The highest BCUT2D eigenvalue weighted by atomic mass is 35.5. The van der Waals surface area contributed by atoms with E-state index < -0.39 is 11.7 Å². The van der Waals surface area contributed by atoms with Crippen molar-refractivity contribution in [1.82, 2.24) is 14.6 Å². The van der Waals surface area contributed by atoms with Gasteiger partial charge in [-0.15, -0.1) is 16.4 Å². The summed E-state index contributed by atoms with van der Waals surface area (Å²) in [5.41, 5.74) is 0.686. The minimum atomic E-state index is -0.688. The van der Waals surface area contributed by atoms with Gasteiger partial charge in [0.05, 0.1) is 16.3 Å². The molecule has 0 aliphatic heterocycles. The van der Waals surface area contributed by atoms with Gasteiger partial charge in [-0.3, -0.25) is 10.1 Å². The molecule has 102 valence electrons. The number of aryl methyl sites for hydroxylation is 1. The number of nitrogens with zero attached hydrogens (tertiary/aromatic N) is 3. The summed E-state index contributed by atoms with van der Waals surface area (Å²) < 4.78 is 15.2. The standard InChI is InChI=1S/C12H8ClFN4OS/c1-6-5-20-12-16-11(17-18(6)12)15-10(19)9-7(13)3-2-4-8(9)14/h2-5H,1H3,(H,15,17,19). The molecule has 0 fully saturated rings. The van der Waals surface area contributed by atoms with Gasteiger partial charge in [0.2, 0.25) is 4.96 Å². The Hall–Kier alpha value is -1.99. The van der Waals surface area contributed by atoms with Crippen LogP contribution in [-0.4, -0.2) is 20.5 Å². The zero-order chi connectivity index (χ0) is 14.3. The predicted octanol–water partition coefficient (Wildman–Crippen LogP) is 3.14. The van der Waals surface area contributed by atoms with Gasteiger partial charge in [-0.1, -0.05) is 17.7 Å². The Labute approximate surface area is 122 Å². The first-order valence-electron chi connectivity index (χ1n) is 5.62. The largest absolute Gasteiger partial charge is 0.289 e. The average molecular weight is 311 g/mol. The molecule has 20 heavy (non-hydrogen) atoms. The molecule has 0 aliphatic carbocycles. The van der Waals surface area contributed by atoms with Crippen LogP contribution in [0.1, 0.15) is 16.1 Å². The highest BCUT2D eigenvalue weighted by Gasteiger charge is 2.18. The Kier molecular flexibility index (Phi) is 3.15. The minimum absolute atomic E-state index is 0.0414. The number of carbonyl (C=O) groups excluding carboxylic acids is 1. The first-order chi connectivity index (χ1) is 9.56. The van der Waals surface area contributed by atoms with Crippen molar-refractivity contribution in [2.45, 2.75) is 6.92 Å². The van der Waals surface area contributed by atoms with Crippen LogP contribution in [0.15, 0.2) is 23.6 Å². The molecule has 0 unspecified atom stereocenters. The Balaban J connectivity index is 1.92. The number of benzene rings is 1. The maximum Gasteiger partial charge on any atom is 0.262 e. The summed E-state index contributed by atoms with van der Waals surface area (Å²) in [6.45, 7) is 1.87. The third kappa shape index (κ3) is 2.14. The number of aromatic nitrogens is 3. The topological polar surface area (TPSA) is 59.3 Å². The number of nitrogens with one attached hydrogen (secondary N) is 1. The Morgan fingerprint density at radius 2 is 2.30 bits per heavy atom. The lowest BCUT2D eigenvalue weighted by Crippen LogP contribution is -2.15. The van der Waals surface area contributed by atoms with Gasteiger partial charge in [-0.05, 0) is 19.1 Å². The van der Waals surface area contributed by atoms with Crippen LogP contribution >= 0.6 is 22.9 Å². The normalized spacial score (nSPS) is 10.9. The molecule has 8 heteroatoms. The summed E-state index contributed by atoms with van der Waals surface area (Å²) in [6.07, 6.45) is 0. The summed E-state index contributed by atoms with van der Waals surface area (Å²) in [4.78, 5) is 16.8. The molecule has 1 N–H and O–H groups in total. The third-order valence-electron chi connectivity index (χ3n) is 2.66. The van der Waals surface area contributed by atoms with Crippen LogP contribution < -0.4 is 5.32 Å². The lowest BCUT2D eigenvalue weighted by molar-refractivity contribution is 0.102. The summed E-state index contributed by atoms with van der Waals surface area (Å²) in [7, 11) is 0. The van der Waals surface area contributed by atoms with Crippen molar-refractivity contribution in [3.05, 3.63) is 45.7 Å². The van der Waals surface area contributed by atoms with Gasteiger partial charge >= 0.3 is 0 Å². The van der Waals surface area contributed by atoms with Crippen LogP contribution in [0.3, 0.4) is 0 Å². The van der Waals surface area contributed by atoms with Crippen LogP contribution in [0, 0.1) is 12.7 Å². The van der Waals surface area contributed by atoms with Gasteiger partial charge in [0, 0.05) is 5.38 Å². The van der Waals surface area contributed by atoms with E-state index in [4.69, 9.17) is 11.6 Å². The molecule has 2 heterocycles. The fourth-order valence-electron chi connectivity index (χ4n) is 1.72. The smallest absolute Gasteiger partial charge is 0.262 e. The van der Waals surface area contributed by atoms with E-state index in [1.165, 1.54) is 29.5 Å². The number of hydrogen-bond acceptors (Lipinski definition) is 4. The number of anilines is 1. The van der Waals surface area contributed by atoms with Crippen LogP contribution in [-0.2, 0) is 0 Å². The van der Waals surface area contributed by atoms with E-state index in [2.05, 4.69) is 15.4 Å². The van der Waals surface area contributed by atoms with E-state index in [0.29, 0.717) is 4.96 Å². The lowest BCUT2D eigenvalue weighted by Gasteiger charge is -2.04. The number of thiazole rings is 1. The Bertz CT molecular complexity index is 793. The average Bonchev–Trinajstić information content (AvgIpc) is 2.92. The van der Waals surface area contributed by atoms with Gasteiger partial charge in [0.1, 0.15) is 5.82 Å². The van der Waals surface area contributed by atoms with Crippen LogP contribution in [0.5, 0.6) is 0 Å². The molecule has 0 saturated heterocycles. The van der Waals surface area contributed by atoms with Crippen molar-refractivity contribution >= 4 is 39.8 Å². The van der Waals surface area contributed by atoms with Gasteiger partial charge in [0.25, 0.3) is 11.9 Å². The molecule has 2 aromatic heterocycles. The number of hydrogen-bond donors (Lipinski definition) is 1. The second kappa shape index (κ2) is 4.84. The molecule has 5 nitrogen and oxygen atoms in total. The summed E-state index contributed by atoms with van der Waals surface area (Å²) >= 11 is 7.23. The van der Waals surface area contributed by atoms with Gasteiger partial charge in [0.15, 0.2) is 0 Å². The number of rotatable bonds is 2. The van der Waals surface area contributed by atoms with E-state index in [9.17, 15) is 9.18 Å². The number of amides is 1. The van der Waals surface area contributed by atoms with E-state index in [-0.39, 0.29) is 16.5 Å². The van der Waals surface area contributed by atoms with E-state index >= 15 is 0 Å². The Morgan fingerprint density at radius 1 is 1.50 bits per heavy atom. The van der Waals surface area contributed by atoms with Crippen molar-refractivity contribution < 1.29 is 9.18 Å². The molecule has 3 aromatic rings. The van der Waals surface area contributed by atoms with Crippen LogP contribution in [0.4, 0.5) is 10.3 Å². The third-order valence-corrected chi connectivity index (χ3v) is 3.91. The first kappa shape index (κ1) is 13.0. The highest BCUT2D eigenvalue weighted by Crippen LogP contribution is 2.21. The summed E-state index contributed by atoms with van der Waals surface area (Å²) in [5, 5.41) is 8.50. The van der Waals surface area contributed by atoms with E-state index in [0.717, 1.165) is 5.69 Å². The molecule has 1 amide bonds. The zero-order valence-electron chi connectivity index (χ0n) is 10.2. The molecule has 0 spiro atoms. The van der Waals surface area contributed by atoms with Crippen molar-refractivity contribution in [3.63, 3.8) is 0 Å². The quantitative estimate of drug-likeness (QED) is 0.791. The highest BCUT2D eigenvalue weighted by molar-refractivity contribution is 7.15. The van der Waals surface area contributed by atoms with Crippen LogP contribution in [0.2, 0.25) is 5.02 Å². The monoisotopic (exact) mass is 310 g/mol. The number of carbonyl (C=O) groups is 1. The number of halogens is 2. The predicted molar refractivity (Wildman–Crippen MR) is 75.0 cm³/mol. The summed E-state index contributed by atoms with van der Waals surface area (Å²) in [5.74, 6) is -1.25. The SMILES string of the molecule is Cc1csc2nc(NC(=O)c3c(F)cccc3Cl)nn12. The van der Waals surface area contributed by atoms with Gasteiger partial charge < -0.3 is 0 Å². The molecule has 0 bridgehead atoms. The van der Waals surface area contributed by atoms with E-state index in [1.807, 2.05) is 12.3 Å². The molecule has 3 rings (SSSR count). The number of fused-ring (bicyclic) bond motifs is 1. The van der Waals surface area contributed by atoms with E-state index in [1.54, 1.807) is 4.52 Å². The minimum Gasteiger partial charge on any atom is -0.289 e. The maximum absolute atomic E-state index is 13.6. The fourth-order valence-corrected chi connectivity index (χ4v) is 2.77. The molecular weight excluding hydrogens is 303 g/mol. The second-order valence-electron chi connectivity index (χ2n) is 4.06. The zero-order valence-corrected chi connectivity index (χ0v) is 11.8. The van der Waals surface area contributed by atoms with Crippen molar-refractivity contribution in [2.24, 2.45) is 0 Å².